The molecule has 78 valence electrons. The van der Waals surface area contributed by atoms with Crippen molar-refractivity contribution in [2.45, 2.75) is 12.8 Å². The Labute approximate surface area is 85.8 Å². The Bertz CT molecular complexity index is 392. The van der Waals surface area contributed by atoms with Crippen molar-refractivity contribution in [3.8, 4) is 6.07 Å². The van der Waals surface area contributed by atoms with Gasteiger partial charge in [-0.3, -0.25) is 14.9 Å². The maximum Gasteiger partial charge on any atom is 0.324 e. The van der Waals surface area contributed by atoms with E-state index >= 15 is 0 Å². The molecule has 2 fully saturated rings. The molecule has 15 heavy (non-hydrogen) atoms. The van der Waals surface area contributed by atoms with E-state index in [1.807, 2.05) is 5.32 Å². The monoisotopic (exact) mass is 207 g/mol. The molecule has 2 aliphatic rings. The fourth-order valence-corrected chi connectivity index (χ4v) is 1.51. The summed E-state index contributed by atoms with van der Waals surface area (Å²) in [6, 6.07) is 1.55. The van der Waals surface area contributed by atoms with Gasteiger partial charge in [-0.25, -0.2) is 4.79 Å². The van der Waals surface area contributed by atoms with Gasteiger partial charge in [-0.15, -0.1) is 0 Å². The van der Waals surface area contributed by atoms with Gasteiger partial charge < -0.3 is 4.90 Å². The highest BCUT2D eigenvalue weighted by atomic mass is 16.2. The lowest BCUT2D eigenvalue weighted by molar-refractivity contribution is -0.139. The Morgan fingerprint density at radius 2 is 2.07 bits per heavy atom. The maximum atomic E-state index is 11.3. The van der Waals surface area contributed by atoms with Crippen LogP contribution in [-0.4, -0.2) is 35.7 Å². The molecule has 0 atom stereocenters. The van der Waals surface area contributed by atoms with Crippen LogP contribution in [0.15, 0.2) is 0 Å². The maximum absolute atomic E-state index is 11.3. The van der Waals surface area contributed by atoms with E-state index in [1.54, 1.807) is 0 Å². The number of hydrogen-bond donors (Lipinski definition) is 1. The summed E-state index contributed by atoms with van der Waals surface area (Å²) in [4.78, 5) is 34.4. The summed E-state index contributed by atoms with van der Waals surface area (Å²) in [5.41, 5.74) is -0.488. The van der Waals surface area contributed by atoms with Crippen LogP contribution in [0.1, 0.15) is 12.8 Å². The van der Waals surface area contributed by atoms with Crippen LogP contribution < -0.4 is 5.32 Å². The molecule has 0 aromatic rings. The Balaban J connectivity index is 2.04. The van der Waals surface area contributed by atoms with Crippen LogP contribution in [0, 0.1) is 16.7 Å². The molecule has 0 radical (unpaired) electrons. The highest BCUT2D eigenvalue weighted by molar-refractivity contribution is 6.41. The summed E-state index contributed by atoms with van der Waals surface area (Å²) in [5.74, 6) is -1.50. The van der Waals surface area contributed by atoms with E-state index in [1.165, 1.54) is 4.90 Å². The first-order valence-electron chi connectivity index (χ1n) is 4.61. The van der Waals surface area contributed by atoms with Gasteiger partial charge in [0.05, 0.1) is 18.0 Å². The number of urea groups is 1. The number of nitrogens with zero attached hydrogens (tertiary/aromatic N) is 2. The lowest BCUT2D eigenvalue weighted by Gasteiger charge is -2.26. The second kappa shape index (κ2) is 3.05. The fourth-order valence-electron chi connectivity index (χ4n) is 1.51. The molecular weight excluding hydrogens is 198 g/mol. The number of amides is 3. The van der Waals surface area contributed by atoms with Gasteiger partial charge in [-0.05, 0) is 12.8 Å². The summed E-state index contributed by atoms with van der Waals surface area (Å²) in [6.45, 7) is 0.0163. The molecule has 3 amide bonds. The van der Waals surface area contributed by atoms with Crippen molar-refractivity contribution < 1.29 is 14.4 Å². The average Bonchev–Trinajstić information content (AvgIpc) is 2.95. The SMILES string of the molecule is N#CC1(CN2CC(=O)C(=O)NC2=O)CC1. The molecule has 0 bridgehead atoms. The Kier molecular flexibility index (Phi) is 1.96. The fraction of sp³-hybridized carbons (Fsp3) is 0.556. The number of hydrogen-bond acceptors (Lipinski definition) is 4. The van der Waals surface area contributed by atoms with Crippen LogP contribution in [0.3, 0.4) is 0 Å². The van der Waals surface area contributed by atoms with E-state index in [0.717, 1.165) is 12.8 Å². The van der Waals surface area contributed by atoms with Crippen LogP contribution in [0.4, 0.5) is 4.79 Å². The molecule has 1 saturated carbocycles. The first kappa shape index (κ1) is 9.65. The van der Waals surface area contributed by atoms with Gasteiger partial charge in [0, 0.05) is 6.54 Å². The van der Waals surface area contributed by atoms with E-state index in [4.69, 9.17) is 5.26 Å². The van der Waals surface area contributed by atoms with E-state index < -0.39 is 23.1 Å². The minimum absolute atomic E-state index is 0.214. The van der Waals surface area contributed by atoms with Crippen LogP contribution in [-0.2, 0) is 9.59 Å². The van der Waals surface area contributed by atoms with Crippen LogP contribution in [0.2, 0.25) is 0 Å². The van der Waals surface area contributed by atoms with Gasteiger partial charge in [0.15, 0.2) is 0 Å². The van der Waals surface area contributed by atoms with Gasteiger partial charge in [0.25, 0.3) is 5.91 Å². The van der Waals surface area contributed by atoms with E-state index in [9.17, 15) is 14.4 Å². The molecule has 1 aliphatic heterocycles. The van der Waals surface area contributed by atoms with Crippen molar-refractivity contribution in [3.63, 3.8) is 0 Å². The third-order valence-corrected chi connectivity index (χ3v) is 2.68. The second-order valence-electron chi connectivity index (χ2n) is 3.93. The lowest BCUT2D eigenvalue weighted by atomic mass is 10.1. The number of nitriles is 1. The first-order valence-corrected chi connectivity index (χ1v) is 4.61. The zero-order valence-corrected chi connectivity index (χ0v) is 7.95. The number of carbonyl (C=O) groups is 3. The van der Waals surface area contributed by atoms with E-state index in [0.29, 0.717) is 0 Å². The summed E-state index contributed by atoms with van der Waals surface area (Å²) in [5, 5.41) is 10.8. The standard InChI is InChI=1S/C9H9N3O3/c10-4-9(1-2-9)5-12-3-6(13)7(14)11-8(12)15/h1-3,5H2,(H,11,14,15). The Hall–Kier alpha value is -1.90. The molecule has 1 aliphatic carbocycles. The zero-order chi connectivity index (χ0) is 11.1. The van der Waals surface area contributed by atoms with Crippen molar-refractivity contribution >= 4 is 17.7 Å². The Morgan fingerprint density at radius 3 is 2.60 bits per heavy atom. The molecule has 0 aromatic carbocycles. The molecule has 6 nitrogen and oxygen atoms in total. The topological polar surface area (TPSA) is 90.3 Å². The van der Waals surface area contributed by atoms with Crippen molar-refractivity contribution in [1.29, 1.82) is 5.26 Å². The van der Waals surface area contributed by atoms with Crippen molar-refractivity contribution in [3.05, 3.63) is 0 Å². The molecule has 0 spiro atoms. The molecule has 0 unspecified atom stereocenters. The number of carbonyl (C=O) groups excluding carboxylic acids is 3. The number of imide groups is 1. The van der Waals surface area contributed by atoms with Gasteiger partial charge in [0.1, 0.15) is 0 Å². The zero-order valence-electron chi connectivity index (χ0n) is 7.95. The first-order chi connectivity index (χ1) is 7.06. The number of ketones is 1. The lowest BCUT2D eigenvalue weighted by Crippen LogP contribution is -2.56. The molecule has 1 saturated heterocycles. The predicted octanol–water partition coefficient (Wildman–Crippen LogP) is -0.589. The van der Waals surface area contributed by atoms with Gasteiger partial charge in [-0.1, -0.05) is 0 Å². The summed E-state index contributed by atoms with van der Waals surface area (Å²) >= 11 is 0. The molecular formula is C9H9N3O3. The average molecular weight is 207 g/mol. The molecule has 1 N–H and O–H groups in total. The second-order valence-corrected chi connectivity index (χ2v) is 3.93. The third kappa shape index (κ3) is 1.68. The van der Waals surface area contributed by atoms with Crippen LogP contribution in [0.5, 0.6) is 0 Å². The minimum atomic E-state index is -0.863. The smallest absolute Gasteiger partial charge is 0.315 e. The van der Waals surface area contributed by atoms with Crippen molar-refractivity contribution in [2.75, 3.05) is 13.1 Å². The number of nitrogens with one attached hydrogen (secondary N) is 1. The summed E-state index contributed by atoms with van der Waals surface area (Å²) in [6.07, 6.45) is 1.49. The molecule has 2 rings (SSSR count). The highest BCUT2D eigenvalue weighted by Gasteiger charge is 2.46. The largest absolute Gasteiger partial charge is 0.324 e. The quantitative estimate of drug-likeness (QED) is 0.613. The van der Waals surface area contributed by atoms with E-state index in [-0.39, 0.29) is 13.1 Å². The van der Waals surface area contributed by atoms with E-state index in [2.05, 4.69) is 6.07 Å². The predicted molar refractivity (Wildman–Crippen MR) is 47.4 cm³/mol. The van der Waals surface area contributed by atoms with Crippen LogP contribution in [0.25, 0.3) is 0 Å². The molecule has 6 heteroatoms. The normalized spacial score (nSPS) is 23.4. The molecule has 1 heterocycles. The van der Waals surface area contributed by atoms with Gasteiger partial charge >= 0.3 is 6.03 Å². The van der Waals surface area contributed by atoms with Crippen molar-refractivity contribution in [2.24, 2.45) is 5.41 Å². The van der Waals surface area contributed by atoms with Crippen molar-refractivity contribution in [1.82, 2.24) is 10.2 Å². The minimum Gasteiger partial charge on any atom is -0.315 e. The highest BCUT2D eigenvalue weighted by Crippen LogP contribution is 2.45. The molecule has 0 aromatic heterocycles. The van der Waals surface area contributed by atoms with Gasteiger partial charge in [-0.2, -0.15) is 5.26 Å². The summed E-state index contributed by atoms with van der Waals surface area (Å²) < 4.78 is 0. The third-order valence-electron chi connectivity index (χ3n) is 2.68. The summed E-state index contributed by atoms with van der Waals surface area (Å²) in [7, 11) is 0. The number of Topliss-reactive ketones (excluding diaryl/α,β-unsaturated/α-hetero) is 1. The van der Waals surface area contributed by atoms with Gasteiger partial charge in [0.2, 0.25) is 5.78 Å². The Morgan fingerprint density at radius 1 is 1.40 bits per heavy atom. The van der Waals surface area contributed by atoms with Crippen LogP contribution >= 0.6 is 0 Å². The number of rotatable bonds is 2.